The zero-order chi connectivity index (χ0) is 32.0. The van der Waals surface area contributed by atoms with Crippen LogP contribution in [0.2, 0.25) is 0 Å². The summed E-state index contributed by atoms with van der Waals surface area (Å²) in [5.74, 6) is 0.343. The highest BCUT2D eigenvalue weighted by Gasteiger charge is 2.34. The Morgan fingerprint density at radius 1 is 0.826 bits per heavy atom. The van der Waals surface area contributed by atoms with Crippen LogP contribution in [0.15, 0.2) is 108 Å². The first-order chi connectivity index (χ1) is 22.4. The van der Waals surface area contributed by atoms with Crippen LogP contribution in [0.5, 0.6) is 0 Å². The van der Waals surface area contributed by atoms with E-state index in [2.05, 4.69) is 41.0 Å². The lowest BCUT2D eigenvalue weighted by atomic mass is 9.83. The van der Waals surface area contributed by atoms with Gasteiger partial charge in [-0.15, -0.1) is 0 Å². The fourth-order valence-electron chi connectivity index (χ4n) is 6.76. The topological polar surface area (TPSA) is 77.0 Å². The Bertz CT molecular complexity index is 1690. The summed E-state index contributed by atoms with van der Waals surface area (Å²) in [6.45, 7) is 4.36. The van der Waals surface area contributed by atoms with Gasteiger partial charge in [0.15, 0.2) is 0 Å². The zero-order valence-corrected chi connectivity index (χ0v) is 26.9. The van der Waals surface area contributed by atoms with Gasteiger partial charge in [0.1, 0.15) is 0 Å². The number of urea groups is 1. The number of amides is 3. The lowest BCUT2D eigenvalue weighted by Crippen LogP contribution is -2.42. The van der Waals surface area contributed by atoms with Crippen LogP contribution >= 0.6 is 0 Å². The molecule has 1 heterocycles. The molecule has 46 heavy (non-hydrogen) atoms. The van der Waals surface area contributed by atoms with Crippen molar-refractivity contribution in [2.24, 2.45) is 16.9 Å². The summed E-state index contributed by atoms with van der Waals surface area (Å²) in [7, 11) is 1.80. The molecule has 2 N–H and O–H groups in total. The second-order valence-corrected chi connectivity index (χ2v) is 12.6. The average Bonchev–Trinajstić information content (AvgIpc) is 3.20. The standard InChI is InChI=1S/C39H43N5O2/c1-27(2)36(40-3)38(45)41-31-22-24-32(25-23-31)44-35-21-13-12-20-34(35)37(29-16-8-5-9-17-29)42-43(39(44)46)26-30-18-10-11-19-33(30)28-14-6-4-7-15-28/h4,6-7,10-15,18-25,27,29,36,40H,5,8-9,16-17,26H2,1-3H3,(H,41,45). The first-order valence-electron chi connectivity index (χ1n) is 16.5. The van der Waals surface area contributed by atoms with Crippen LogP contribution in [-0.2, 0) is 11.3 Å². The van der Waals surface area contributed by atoms with Crippen molar-refractivity contribution in [3.63, 3.8) is 0 Å². The number of carbonyl (C=O) groups excluding carboxylic acids is 2. The maximum absolute atomic E-state index is 14.7. The van der Waals surface area contributed by atoms with Crippen LogP contribution in [0, 0.1) is 11.8 Å². The molecule has 0 bridgehead atoms. The minimum Gasteiger partial charge on any atom is -0.325 e. The molecule has 7 heteroatoms. The van der Waals surface area contributed by atoms with E-state index in [1.54, 1.807) is 17.0 Å². The molecular formula is C39H43N5O2. The van der Waals surface area contributed by atoms with E-state index >= 15 is 0 Å². The SMILES string of the molecule is CNC(C(=O)Nc1ccc(N2C(=O)N(Cc3ccccc3-c3ccccc3)N=C(C3CCCCC3)c3ccccc32)cc1)C(C)C. The van der Waals surface area contributed by atoms with Gasteiger partial charge in [-0.3, -0.25) is 9.69 Å². The molecule has 1 unspecified atom stereocenters. The third-order valence-corrected chi connectivity index (χ3v) is 9.13. The van der Waals surface area contributed by atoms with Gasteiger partial charge in [-0.2, -0.15) is 5.10 Å². The summed E-state index contributed by atoms with van der Waals surface area (Å²) < 4.78 is 0. The molecule has 4 aromatic rings. The first kappa shape index (κ1) is 31.2. The molecule has 1 saturated carbocycles. The quantitative estimate of drug-likeness (QED) is 0.198. The van der Waals surface area contributed by atoms with Gasteiger partial charge in [0.2, 0.25) is 5.91 Å². The smallest absolute Gasteiger partial charge is 0.325 e. The number of nitrogens with zero attached hydrogens (tertiary/aromatic N) is 3. The van der Waals surface area contributed by atoms with Crippen LogP contribution < -0.4 is 15.5 Å². The summed E-state index contributed by atoms with van der Waals surface area (Å²) in [6, 6.07) is 33.7. The van der Waals surface area contributed by atoms with Crippen LogP contribution in [-0.4, -0.2) is 35.7 Å². The van der Waals surface area contributed by atoms with Gasteiger partial charge in [-0.1, -0.05) is 106 Å². The summed E-state index contributed by atoms with van der Waals surface area (Å²) in [5.41, 5.74) is 7.41. The largest absolute Gasteiger partial charge is 0.349 e. The Hall–Kier alpha value is -4.75. The van der Waals surface area contributed by atoms with Crippen LogP contribution in [0.25, 0.3) is 11.1 Å². The number of rotatable bonds is 9. The van der Waals surface area contributed by atoms with Gasteiger partial charge in [0.25, 0.3) is 0 Å². The molecule has 236 valence electrons. The average molecular weight is 614 g/mol. The molecule has 6 rings (SSSR count). The van der Waals surface area contributed by atoms with Crippen molar-refractivity contribution < 1.29 is 9.59 Å². The molecule has 1 atom stereocenters. The number of anilines is 3. The number of carbonyl (C=O) groups is 2. The van der Waals surface area contributed by atoms with E-state index in [0.717, 1.165) is 46.5 Å². The van der Waals surface area contributed by atoms with E-state index in [0.29, 0.717) is 17.9 Å². The molecule has 1 fully saturated rings. The number of fused-ring (bicyclic) bond motifs is 1. The molecular weight excluding hydrogens is 570 g/mol. The van der Waals surface area contributed by atoms with Crippen LogP contribution in [0.3, 0.4) is 0 Å². The van der Waals surface area contributed by atoms with Gasteiger partial charge in [0, 0.05) is 17.2 Å². The highest BCUT2D eigenvalue weighted by molar-refractivity contribution is 6.14. The Morgan fingerprint density at radius 3 is 2.17 bits per heavy atom. The number of hydrogen-bond acceptors (Lipinski definition) is 4. The fourth-order valence-corrected chi connectivity index (χ4v) is 6.76. The molecule has 3 amide bonds. The van der Waals surface area contributed by atoms with Crippen molar-refractivity contribution in [2.45, 2.75) is 58.5 Å². The summed E-state index contributed by atoms with van der Waals surface area (Å²) in [5, 5.41) is 13.0. The monoisotopic (exact) mass is 613 g/mol. The summed E-state index contributed by atoms with van der Waals surface area (Å²) in [6.07, 6.45) is 5.69. The normalized spacial score (nSPS) is 16.1. The summed E-state index contributed by atoms with van der Waals surface area (Å²) in [4.78, 5) is 29.4. The molecule has 4 aromatic carbocycles. The molecule has 0 radical (unpaired) electrons. The number of likely N-dealkylation sites (N-methyl/N-ethyl adjacent to an activating group) is 1. The van der Waals surface area contributed by atoms with Crippen molar-refractivity contribution in [3.05, 3.63) is 114 Å². The second kappa shape index (κ2) is 14.1. The molecule has 2 aliphatic rings. The Balaban J connectivity index is 1.40. The van der Waals surface area contributed by atoms with E-state index in [1.165, 1.54) is 19.3 Å². The fraction of sp³-hybridized carbons (Fsp3) is 0.308. The molecule has 0 saturated heterocycles. The lowest BCUT2D eigenvalue weighted by Gasteiger charge is -2.27. The number of hydrazone groups is 1. The number of para-hydroxylation sites is 1. The van der Waals surface area contributed by atoms with Gasteiger partial charge < -0.3 is 10.6 Å². The van der Waals surface area contributed by atoms with Crippen molar-refractivity contribution in [2.75, 3.05) is 17.3 Å². The van der Waals surface area contributed by atoms with Crippen molar-refractivity contribution in [1.82, 2.24) is 10.3 Å². The van der Waals surface area contributed by atoms with Crippen molar-refractivity contribution in [1.29, 1.82) is 0 Å². The maximum atomic E-state index is 14.7. The highest BCUT2D eigenvalue weighted by atomic mass is 16.2. The zero-order valence-electron chi connectivity index (χ0n) is 26.9. The third-order valence-electron chi connectivity index (χ3n) is 9.13. The van der Waals surface area contributed by atoms with Gasteiger partial charge in [0.05, 0.1) is 29.7 Å². The highest BCUT2D eigenvalue weighted by Crippen LogP contribution is 2.38. The second-order valence-electron chi connectivity index (χ2n) is 12.6. The van der Waals surface area contributed by atoms with E-state index in [-0.39, 0.29) is 29.8 Å². The van der Waals surface area contributed by atoms with E-state index in [9.17, 15) is 9.59 Å². The number of nitrogens with one attached hydrogen (secondary N) is 2. The predicted octanol–water partition coefficient (Wildman–Crippen LogP) is 8.59. The lowest BCUT2D eigenvalue weighted by molar-refractivity contribution is -0.118. The minimum absolute atomic E-state index is 0.0878. The van der Waals surface area contributed by atoms with Gasteiger partial charge >= 0.3 is 6.03 Å². The minimum atomic E-state index is -0.304. The van der Waals surface area contributed by atoms with Gasteiger partial charge in [-0.25, -0.2) is 9.80 Å². The molecule has 1 aliphatic carbocycles. The predicted molar refractivity (Wildman–Crippen MR) is 187 cm³/mol. The van der Waals surface area contributed by atoms with E-state index in [1.807, 2.05) is 86.6 Å². The molecule has 0 spiro atoms. The Labute approximate surface area is 272 Å². The number of hydrogen-bond donors (Lipinski definition) is 2. The third kappa shape index (κ3) is 6.60. The summed E-state index contributed by atoms with van der Waals surface area (Å²) >= 11 is 0. The maximum Gasteiger partial charge on any atom is 0.349 e. The molecule has 0 aromatic heterocycles. The van der Waals surface area contributed by atoms with Crippen molar-refractivity contribution >= 4 is 34.7 Å². The van der Waals surface area contributed by atoms with Crippen LogP contribution in [0.4, 0.5) is 21.9 Å². The van der Waals surface area contributed by atoms with Crippen LogP contribution in [0.1, 0.15) is 57.1 Å². The number of benzene rings is 4. The molecule has 7 nitrogen and oxygen atoms in total. The van der Waals surface area contributed by atoms with Crippen molar-refractivity contribution in [3.8, 4) is 11.1 Å². The van der Waals surface area contributed by atoms with E-state index < -0.39 is 0 Å². The Kier molecular flexibility index (Phi) is 9.60. The first-order valence-corrected chi connectivity index (χ1v) is 16.5. The Morgan fingerprint density at radius 2 is 1.48 bits per heavy atom. The van der Waals surface area contributed by atoms with Gasteiger partial charge in [-0.05, 0) is 72.8 Å². The van der Waals surface area contributed by atoms with E-state index in [4.69, 9.17) is 5.10 Å². The molecule has 1 aliphatic heterocycles.